The van der Waals surface area contributed by atoms with Gasteiger partial charge in [0, 0.05) is 18.0 Å². The molecule has 1 aromatic carbocycles. The molecular weight excluding hydrogens is 258 g/mol. The van der Waals surface area contributed by atoms with Crippen LogP contribution in [-0.2, 0) is 16.3 Å². The van der Waals surface area contributed by atoms with Crippen molar-refractivity contribution in [2.75, 3.05) is 12.3 Å². The highest BCUT2D eigenvalue weighted by molar-refractivity contribution is 7.94. The fourth-order valence-corrected chi connectivity index (χ4v) is 4.33. The Balaban J connectivity index is 1.65. The van der Waals surface area contributed by atoms with Crippen molar-refractivity contribution in [1.82, 2.24) is 5.32 Å². The Morgan fingerprint density at radius 3 is 2.89 bits per heavy atom. The van der Waals surface area contributed by atoms with Gasteiger partial charge in [-0.05, 0) is 36.3 Å². The van der Waals surface area contributed by atoms with E-state index in [0.29, 0.717) is 5.92 Å². The fourth-order valence-electron chi connectivity index (χ4n) is 3.06. The van der Waals surface area contributed by atoms with Gasteiger partial charge in [-0.15, -0.1) is 0 Å². The van der Waals surface area contributed by atoms with Crippen molar-refractivity contribution in [3.05, 3.63) is 46.9 Å². The van der Waals surface area contributed by atoms with Crippen LogP contribution in [-0.4, -0.2) is 26.8 Å². The number of hydrogen-bond donors (Lipinski definition) is 1. The first-order valence-electron chi connectivity index (χ1n) is 6.86. The third kappa shape index (κ3) is 2.90. The summed E-state index contributed by atoms with van der Waals surface area (Å²) in [4.78, 5) is 0. The van der Waals surface area contributed by atoms with Gasteiger partial charge in [0.15, 0.2) is 9.84 Å². The smallest absolute Gasteiger partial charge is 0.173 e. The summed E-state index contributed by atoms with van der Waals surface area (Å²) in [5.41, 5.74) is 2.89. The molecule has 3 rings (SSSR count). The summed E-state index contributed by atoms with van der Waals surface area (Å²) in [5.74, 6) is 0.725. The molecule has 1 aromatic rings. The quantitative estimate of drug-likeness (QED) is 0.919. The molecule has 0 bridgehead atoms. The summed E-state index contributed by atoms with van der Waals surface area (Å²) in [5, 5.41) is 4.71. The van der Waals surface area contributed by atoms with Gasteiger partial charge >= 0.3 is 0 Å². The molecule has 2 atom stereocenters. The van der Waals surface area contributed by atoms with Crippen molar-refractivity contribution in [1.29, 1.82) is 0 Å². The number of hydrogen-bond acceptors (Lipinski definition) is 3. The maximum atomic E-state index is 11.4. The molecule has 1 aliphatic heterocycles. The minimum atomic E-state index is -2.95. The van der Waals surface area contributed by atoms with Crippen molar-refractivity contribution < 1.29 is 8.42 Å². The second kappa shape index (κ2) is 5.10. The molecule has 0 spiro atoms. The zero-order valence-corrected chi connectivity index (χ0v) is 11.7. The third-order valence-electron chi connectivity index (χ3n) is 4.05. The zero-order chi connectivity index (χ0) is 13.3. The number of rotatable bonds is 3. The highest BCUT2D eigenvalue weighted by Crippen LogP contribution is 2.31. The van der Waals surface area contributed by atoms with Gasteiger partial charge < -0.3 is 5.32 Å². The fraction of sp³-hybridized carbons (Fsp3) is 0.467. The predicted molar refractivity (Wildman–Crippen MR) is 76.8 cm³/mol. The Morgan fingerprint density at radius 2 is 2.11 bits per heavy atom. The monoisotopic (exact) mass is 277 g/mol. The van der Waals surface area contributed by atoms with Crippen molar-refractivity contribution in [3.8, 4) is 0 Å². The van der Waals surface area contributed by atoms with Crippen LogP contribution in [0, 0.1) is 0 Å². The molecule has 0 saturated carbocycles. The molecule has 2 aliphatic rings. The van der Waals surface area contributed by atoms with E-state index in [1.54, 1.807) is 6.08 Å². The van der Waals surface area contributed by atoms with Gasteiger partial charge in [-0.1, -0.05) is 30.3 Å². The average Bonchev–Trinajstić information content (AvgIpc) is 2.76. The first-order valence-corrected chi connectivity index (χ1v) is 8.58. The van der Waals surface area contributed by atoms with Gasteiger partial charge in [0.25, 0.3) is 0 Å². The van der Waals surface area contributed by atoms with Crippen LogP contribution in [0.5, 0.6) is 0 Å². The number of nitrogens with one attached hydrogen (secondary N) is 1. The SMILES string of the molecule is O=S1(=O)C=CC(NCC2CCCc3ccccc32)C1. The van der Waals surface area contributed by atoms with Gasteiger partial charge in [0.05, 0.1) is 5.75 Å². The Morgan fingerprint density at radius 1 is 1.26 bits per heavy atom. The molecule has 2 unspecified atom stereocenters. The van der Waals surface area contributed by atoms with Crippen LogP contribution in [0.2, 0.25) is 0 Å². The normalized spacial score (nSPS) is 28.2. The molecule has 3 nitrogen and oxygen atoms in total. The maximum absolute atomic E-state index is 11.4. The van der Waals surface area contributed by atoms with Gasteiger partial charge in [-0.25, -0.2) is 8.42 Å². The van der Waals surface area contributed by atoms with Crippen molar-refractivity contribution in [2.24, 2.45) is 0 Å². The van der Waals surface area contributed by atoms with Gasteiger partial charge in [-0.2, -0.15) is 0 Å². The van der Waals surface area contributed by atoms with Crippen LogP contribution in [0.25, 0.3) is 0 Å². The number of fused-ring (bicyclic) bond motifs is 1. The van der Waals surface area contributed by atoms with E-state index >= 15 is 0 Å². The lowest BCUT2D eigenvalue weighted by atomic mass is 9.83. The third-order valence-corrected chi connectivity index (χ3v) is 5.45. The molecular formula is C15H19NO2S. The maximum Gasteiger partial charge on any atom is 0.173 e. The van der Waals surface area contributed by atoms with Crippen LogP contribution in [0.1, 0.15) is 29.9 Å². The summed E-state index contributed by atoms with van der Waals surface area (Å²) in [6.07, 6.45) is 5.35. The highest BCUT2D eigenvalue weighted by atomic mass is 32.2. The standard InChI is InChI=1S/C15H19NO2S/c17-19(18)9-8-14(11-19)16-10-13-6-3-5-12-4-1-2-7-15(12)13/h1-2,4,7-9,13-14,16H,3,5-6,10-11H2. The molecule has 1 N–H and O–H groups in total. The average molecular weight is 277 g/mol. The molecule has 19 heavy (non-hydrogen) atoms. The van der Waals surface area contributed by atoms with E-state index in [1.807, 2.05) is 0 Å². The van der Waals surface area contributed by atoms with E-state index < -0.39 is 9.84 Å². The summed E-state index contributed by atoms with van der Waals surface area (Å²) in [6, 6.07) is 8.60. The summed E-state index contributed by atoms with van der Waals surface area (Å²) in [7, 11) is -2.95. The lowest BCUT2D eigenvalue weighted by Gasteiger charge is -2.26. The van der Waals surface area contributed by atoms with E-state index in [1.165, 1.54) is 35.8 Å². The Bertz CT molecular complexity index is 592. The molecule has 1 heterocycles. The lowest BCUT2D eigenvalue weighted by molar-refractivity contribution is 0.494. The number of benzene rings is 1. The molecule has 102 valence electrons. The second-order valence-electron chi connectivity index (χ2n) is 5.46. The Hall–Kier alpha value is -1.13. The Labute approximate surface area is 114 Å². The van der Waals surface area contributed by atoms with Crippen LogP contribution in [0.3, 0.4) is 0 Å². The molecule has 0 saturated heterocycles. The van der Waals surface area contributed by atoms with Gasteiger partial charge in [0.2, 0.25) is 0 Å². The van der Waals surface area contributed by atoms with Crippen molar-refractivity contribution in [3.63, 3.8) is 0 Å². The van der Waals surface area contributed by atoms with Gasteiger partial charge in [0.1, 0.15) is 0 Å². The van der Waals surface area contributed by atoms with E-state index in [9.17, 15) is 8.42 Å². The van der Waals surface area contributed by atoms with E-state index in [4.69, 9.17) is 0 Å². The van der Waals surface area contributed by atoms with Crippen LogP contribution < -0.4 is 5.32 Å². The van der Waals surface area contributed by atoms with E-state index in [-0.39, 0.29) is 11.8 Å². The second-order valence-corrected chi connectivity index (χ2v) is 7.39. The topological polar surface area (TPSA) is 46.2 Å². The number of sulfone groups is 1. The van der Waals surface area contributed by atoms with E-state index in [0.717, 1.165) is 6.54 Å². The molecule has 0 amide bonds. The molecule has 1 aliphatic carbocycles. The van der Waals surface area contributed by atoms with Crippen LogP contribution in [0.15, 0.2) is 35.7 Å². The Kier molecular flexibility index (Phi) is 3.46. The molecule has 4 heteroatoms. The van der Waals surface area contributed by atoms with Crippen LogP contribution in [0.4, 0.5) is 0 Å². The molecule has 0 fully saturated rings. The molecule has 0 radical (unpaired) electrons. The molecule has 0 aromatic heterocycles. The summed E-state index contributed by atoms with van der Waals surface area (Å²) in [6.45, 7) is 0.863. The van der Waals surface area contributed by atoms with E-state index in [2.05, 4.69) is 29.6 Å². The first kappa shape index (κ1) is 12.9. The predicted octanol–water partition coefficient (Wildman–Crippen LogP) is 2.01. The number of aryl methyl sites for hydroxylation is 1. The van der Waals surface area contributed by atoms with Crippen LogP contribution >= 0.6 is 0 Å². The zero-order valence-electron chi connectivity index (χ0n) is 10.9. The first-order chi connectivity index (χ1) is 9.14. The van der Waals surface area contributed by atoms with Crippen molar-refractivity contribution >= 4 is 9.84 Å². The lowest BCUT2D eigenvalue weighted by Crippen LogP contribution is -2.34. The summed E-state index contributed by atoms with van der Waals surface area (Å²) < 4.78 is 22.7. The summed E-state index contributed by atoms with van der Waals surface area (Å²) >= 11 is 0. The minimum absolute atomic E-state index is 0.0147. The highest BCUT2D eigenvalue weighted by Gasteiger charge is 2.24. The minimum Gasteiger partial charge on any atom is -0.309 e. The van der Waals surface area contributed by atoms with Crippen molar-refractivity contribution in [2.45, 2.75) is 31.2 Å². The largest absolute Gasteiger partial charge is 0.309 e. The van der Waals surface area contributed by atoms with Gasteiger partial charge in [-0.3, -0.25) is 0 Å².